The third kappa shape index (κ3) is 4.36. The van der Waals surface area contributed by atoms with E-state index in [1.54, 1.807) is 18.2 Å². The highest BCUT2D eigenvalue weighted by Crippen LogP contribution is 2.29. The molecule has 1 aliphatic heterocycles. The quantitative estimate of drug-likeness (QED) is 0.530. The van der Waals surface area contributed by atoms with Crippen LogP contribution in [0.25, 0.3) is 11.3 Å². The van der Waals surface area contributed by atoms with E-state index < -0.39 is 24.1 Å². The average molecular weight is 449 g/mol. The van der Waals surface area contributed by atoms with E-state index in [2.05, 4.69) is 15.1 Å². The van der Waals surface area contributed by atoms with Gasteiger partial charge < -0.3 is 9.26 Å². The molecule has 3 heterocycles. The van der Waals surface area contributed by atoms with E-state index in [4.69, 9.17) is 20.9 Å². The van der Waals surface area contributed by atoms with Gasteiger partial charge in [-0.3, -0.25) is 0 Å². The number of hydrogen-bond donors (Lipinski definition) is 0. The Morgan fingerprint density at radius 2 is 2.03 bits per heavy atom. The van der Waals surface area contributed by atoms with Crippen molar-refractivity contribution in [3.05, 3.63) is 58.9 Å². The number of amides is 1. The molecule has 0 N–H and O–H groups in total. The number of carbonyl (C=O) groups excluding carboxylic acids is 1. The highest BCUT2D eigenvalue weighted by Gasteiger charge is 2.40. The first-order chi connectivity index (χ1) is 14.8. The summed E-state index contributed by atoms with van der Waals surface area (Å²) in [7, 11) is 0. The Kier molecular flexibility index (Phi) is 5.86. The van der Waals surface area contributed by atoms with Crippen LogP contribution in [0.2, 0.25) is 5.02 Å². The molecule has 162 valence electrons. The minimum Gasteiger partial charge on any atom is -0.447 e. The molecule has 10 heteroatoms. The average Bonchev–Trinajstić information content (AvgIpc) is 3.37. The number of rotatable bonds is 6. The van der Waals surface area contributed by atoms with Crippen LogP contribution in [0.1, 0.15) is 31.3 Å². The lowest BCUT2D eigenvalue weighted by Crippen LogP contribution is -2.40. The molecule has 2 aromatic heterocycles. The molecule has 1 fully saturated rings. The number of ether oxygens (including phenoxy) is 1. The number of halogens is 3. The summed E-state index contributed by atoms with van der Waals surface area (Å²) in [6, 6.07) is 8.02. The Morgan fingerprint density at radius 3 is 2.74 bits per heavy atom. The zero-order valence-electron chi connectivity index (χ0n) is 16.8. The lowest BCUT2D eigenvalue weighted by molar-refractivity contribution is 0.174. The maximum atomic E-state index is 14.4. The molecular formula is C21H19ClF2N4O3. The molecule has 3 aromatic rings. The van der Waals surface area contributed by atoms with Gasteiger partial charge in [-0.1, -0.05) is 23.7 Å². The highest BCUT2D eigenvalue weighted by atomic mass is 35.5. The van der Waals surface area contributed by atoms with Gasteiger partial charge in [-0.15, -0.1) is 0 Å². The summed E-state index contributed by atoms with van der Waals surface area (Å²) in [5.41, 5.74) is 1.49. The second-order valence-electron chi connectivity index (χ2n) is 7.38. The van der Waals surface area contributed by atoms with Crippen molar-refractivity contribution in [2.24, 2.45) is 0 Å². The fourth-order valence-electron chi connectivity index (χ4n) is 3.33. The number of hydrogen-bond acceptors (Lipinski definition) is 6. The molecule has 0 spiro atoms. The second-order valence-corrected chi connectivity index (χ2v) is 7.81. The van der Waals surface area contributed by atoms with Crippen molar-refractivity contribution in [1.82, 2.24) is 15.1 Å². The van der Waals surface area contributed by atoms with E-state index in [0.717, 1.165) is 16.7 Å². The first-order valence-electron chi connectivity index (χ1n) is 9.67. The highest BCUT2D eigenvalue weighted by molar-refractivity contribution is 6.30. The number of aromatic nitrogens is 3. The molecule has 7 nitrogen and oxygen atoms in total. The van der Waals surface area contributed by atoms with Crippen LogP contribution in [-0.4, -0.2) is 40.0 Å². The monoisotopic (exact) mass is 448 g/mol. The lowest BCUT2D eigenvalue weighted by Gasteiger charge is -2.22. The summed E-state index contributed by atoms with van der Waals surface area (Å²) in [5.74, 6) is -0.420. The molecule has 4 rings (SSSR count). The van der Waals surface area contributed by atoms with Gasteiger partial charge in [-0.25, -0.2) is 28.4 Å². The van der Waals surface area contributed by atoms with E-state index in [0.29, 0.717) is 22.9 Å². The molecule has 0 aliphatic carbocycles. The smallest absolute Gasteiger partial charge is 0.416 e. The van der Waals surface area contributed by atoms with Gasteiger partial charge in [0.25, 0.3) is 0 Å². The summed E-state index contributed by atoms with van der Waals surface area (Å²) in [6.45, 7) is 3.01. The van der Waals surface area contributed by atoms with Gasteiger partial charge in [0.1, 0.15) is 24.6 Å². The van der Waals surface area contributed by atoms with Crippen LogP contribution in [-0.2, 0) is 11.2 Å². The Hall–Kier alpha value is -3.07. The van der Waals surface area contributed by atoms with E-state index in [9.17, 15) is 13.6 Å². The normalized spacial score (nSPS) is 18.2. The Bertz CT molecular complexity index is 1090. The van der Waals surface area contributed by atoms with Gasteiger partial charge in [0, 0.05) is 29.0 Å². The van der Waals surface area contributed by atoms with Crippen molar-refractivity contribution >= 4 is 23.5 Å². The fraction of sp³-hybridized carbons (Fsp3) is 0.333. The van der Waals surface area contributed by atoms with Gasteiger partial charge in [0.2, 0.25) is 0 Å². The van der Waals surface area contributed by atoms with Crippen LogP contribution < -0.4 is 4.90 Å². The molecule has 0 unspecified atom stereocenters. The summed E-state index contributed by atoms with van der Waals surface area (Å²) >= 11 is 5.91. The Labute approximate surface area is 182 Å². The Morgan fingerprint density at radius 1 is 1.29 bits per heavy atom. The van der Waals surface area contributed by atoms with E-state index in [1.807, 2.05) is 19.1 Å². The summed E-state index contributed by atoms with van der Waals surface area (Å²) in [6.07, 6.45) is -0.976. The van der Waals surface area contributed by atoms with Crippen LogP contribution in [0.5, 0.6) is 0 Å². The molecule has 1 amide bonds. The summed E-state index contributed by atoms with van der Waals surface area (Å²) in [5, 5.41) is 4.72. The molecule has 31 heavy (non-hydrogen) atoms. The third-order valence-corrected chi connectivity index (χ3v) is 5.34. The third-order valence-electron chi connectivity index (χ3n) is 5.09. The fourth-order valence-corrected chi connectivity index (χ4v) is 3.45. The van der Waals surface area contributed by atoms with Crippen molar-refractivity contribution in [1.29, 1.82) is 0 Å². The van der Waals surface area contributed by atoms with Crippen LogP contribution in [0, 0.1) is 5.82 Å². The molecule has 0 saturated carbocycles. The van der Waals surface area contributed by atoms with E-state index >= 15 is 0 Å². The van der Waals surface area contributed by atoms with Gasteiger partial charge in [0.15, 0.2) is 17.4 Å². The van der Waals surface area contributed by atoms with Gasteiger partial charge >= 0.3 is 6.09 Å². The molecular weight excluding hydrogens is 430 g/mol. The minimum atomic E-state index is -1.41. The summed E-state index contributed by atoms with van der Waals surface area (Å²) < 4.78 is 38.6. The molecule has 0 radical (unpaired) electrons. The number of anilines is 1. The van der Waals surface area contributed by atoms with Gasteiger partial charge in [0.05, 0.1) is 11.9 Å². The molecule has 0 bridgehead atoms. The predicted molar refractivity (Wildman–Crippen MR) is 109 cm³/mol. The first-order valence-corrected chi connectivity index (χ1v) is 10.0. The van der Waals surface area contributed by atoms with Crippen molar-refractivity contribution in [3.8, 4) is 11.3 Å². The van der Waals surface area contributed by atoms with Crippen molar-refractivity contribution in [3.63, 3.8) is 0 Å². The number of nitrogens with zero attached hydrogens (tertiary/aromatic N) is 4. The zero-order chi connectivity index (χ0) is 22.1. The molecule has 1 aliphatic rings. The van der Waals surface area contributed by atoms with Crippen LogP contribution >= 0.6 is 11.6 Å². The largest absolute Gasteiger partial charge is 0.447 e. The number of cyclic esters (lactones) is 1. The van der Waals surface area contributed by atoms with Crippen LogP contribution in [0.3, 0.4) is 0 Å². The lowest BCUT2D eigenvalue weighted by atomic mass is 10.0. The molecule has 1 aromatic carbocycles. The minimum absolute atomic E-state index is 0.162. The second kappa shape index (κ2) is 8.58. The summed E-state index contributed by atoms with van der Waals surface area (Å²) in [4.78, 5) is 21.1. The standard InChI is InChI=1S/C21H19ClF2N4O3/c1-11(16-8-18(31-27-16)13-3-5-14(22)6-4-13)7-19-25-9-15(24)20(26-19)28-17(12(2)23)10-30-21(28)29/h3-6,8-9,11-12,17H,7,10H2,1-2H3/t11-,12+,17-/m1/s1. The zero-order valence-corrected chi connectivity index (χ0v) is 17.5. The van der Waals surface area contributed by atoms with Crippen molar-refractivity contribution in [2.45, 2.75) is 38.4 Å². The Balaban J connectivity index is 1.54. The van der Waals surface area contributed by atoms with Crippen molar-refractivity contribution < 1.29 is 22.8 Å². The van der Waals surface area contributed by atoms with E-state index in [1.165, 1.54) is 6.92 Å². The number of alkyl halides is 1. The maximum absolute atomic E-state index is 14.4. The molecule has 3 atom stereocenters. The predicted octanol–water partition coefficient (Wildman–Crippen LogP) is 4.95. The molecule has 1 saturated heterocycles. The SMILES string of the molecule is C[C@H](Cc1ncc(F)c(N2C(=O)OC[C@@H]2[C@H](C)F)n1)c1cc(-c2ccc(Cl)cc2)on1. The maximum Gasteiger partial charge on any atom is 0.416 e. The van der Waals surface area contributed by atoms with Crippen LogP contribution in [0.15, 0.2) is 41.1 Å². The topological polar surface area (TPSA) is 81.4 Å². The number of benzene rings is 1. The van der Waals surface area contributed by atoms with Crippen molar-refractivity contribution in [2.75, 3.05) is 11.5 Å². The first kappa shape index (κ1) is 21.2. The van der Waals surface area contributed by atoms with E-state index in [-0.39, 0.29) is 24.2 Å². The number of carbonyl (C=O) groups is 1. The van der Waals surface area contributed by atoms with Crippen LogP contribution in [0.4, 0.5) is 19.4 Å². The van der Waals surface area contributed by atoms with Gasteiger partial charge in [-0.2, -0.15) is 0 Å². The van der Waals surface area contributed by atoms with Gasteiger partial charge in [-0.05, 0) is 31.2 Å².